The molecule has 118 valence electrons. The molecule has 3 rings (SSSR count). The lowest BCUT2D eigenvalue weighted by atomic mass is 10.1. The summed E-state index contributed by atoms with van der Waals surface area (Å²) in [6.45, 7) is 1.86. The van der Waals surface area contributed by atoms with Crippen LogP contribution in [0.4, 0.5) is 5.82 Å². The molecule has 0 unspecified atom stereocenters. The van der Waals surface area contributed by atoms with E-state index in [1.165, 1.54) is 12.3 Å². The maximum absolute atomic E-state index is 9.77. The quantitative estimate of drug-likeness (QED) is 0.283. The molecular formula is C16H14N2O4S. The molecule has 0 aliphatic carbocycles. The number of nitrogens with zero attached hydrogens (tertiary/aromatic N) is 1. The van der Waals surface area contributed by atoms with E-state index in [1.807, 2.05) is 31.2 Å². The third kappa shape index (κ3) is 3.48. The van der Waals surface area contributed by atoms with Gasteiger partial charge in [0, 0.05) is 11.1 Å². The van der Waals surface area contributed by atoms with Crippen LogP contribution in [0.1, 0.15) is 5.56 Å². The zero-order chi connectivity index (χ0) is 16.2. The van der Waals surface area contributed by atoms with Gasteiger partial charge in [-0.05, 0) is 53.6 Å². The Morgan fingerprint density at radius 3 is 2.74 bits per heavy atom. The van der Waals surface area contributed by atoms with E-state index in [0.717, 1.165) is 33.3 Å². The van der Waals surface area contributed by atoms with Crippen LogP contribution in [0.2, 0.25) is 0 Å². The van der Waals surface area contributed by atoms with Crippen LogP contribution in [0.3, 0.4) is 0 Å². The molecule has 3 aromatic rings. The molecule has 1 aromatic heterocycles. The molecule has 3 N–H and O–H groups in total. The number of phenols is 1. The second-order valence-corrected chi connectivity index (χ2v) is 5.57. The molecule has 0 saturated carbocycles. The summed E-state index contributed by atoms with van der Waals surface area (Å²) in [5, 5.41) is 21.3. The first-order valence-electron chi connectivity index (χ1n) is 6.77. The van der Waals surface area contributed by atoms with E-state index in [2.05, 4.69) is 10.5 Å². The molecule has 0 atom stereocenters. The molecule has 0 saturated heterocycles. The van der Waals surface area contributed by atoms with Crippen molar-refractivity contribution >= 4 is 28.6 Å². The molecule has 0 radical (unpaired) electrons. The number of rotatable bonds is 5. The molecule has 2 aromatic carbocycles. The predicted molar refractivity (Wildman–Crippen MR) is 87.9 cm³/mol. The summed E-state index contributed by atoms with van der Waals surface area (Å²) in [5.74, 6) is 0.370. The summed E-state index contributed by atoms with van der Waals surface area (Å²) in [4.78, 5) is 9.50. The molecule has 0 aliphatic rings. The number of aromatic hydroxyl groups is 2. The molecule has 1 heterocycles. The van der Waals surface area contributed by atoms with E-state index in [9.17, 15) is 10.2 Å². The van der Waals surface area contributed by atoms with Crippen molar-refractivity contribution in [1.29, 1.82) is 0 Å². The standard InChI is InChI=1S/C16H14N2O4S/c1-10-13-9-12(6-4-11(13)5-7-14(10)19)23-22-21-18-16-15(20)3-2-8-17-16/h2-9,19-20H,1H3,(H,17,18). The fourth-order valence-electron chi connectivity index (χ4n) is 2.08. The Morgan fingerprint density at radius 2 is 1.91 bits per heavy atom. The Bertz CT molecular complexity index is 841. The third-order valence-corrected chi connectivity index (χ3v) is 3.91. The zero-order valence-electron chi connectivity index (χ0n) is 12.2. The largest absolute Gasteiger partial charge is 0.508 e. The summed E-state index contributed by atoms with van der Waals surface area (Å²) < 4.78 is 4.99. The van der Waals surface area contributed by atoms with Crippen molar-refractivity contribution < 1.29 is 19.5 Å². The summed E-state index contributed by atoms with van der Waals surface area (Å²) in [5.41, 5.74) is 3.20. The fourth-order valence-corrected chi connectivity index (χ4v) is 2.51. The number of aryl methyl sites for hydroxylation is 1. The second-order valence-electron chi connectivity index (χ2n) is 4.80. The number of nitrogens with one attached hydrogen (secondary N) is 1. The van der Waals surface area contributed by atoms with E-state index in [-0.39, 0.29) is 17.3 Å². The van der Waals surface area contributed by atoms with Crippen molar-refractivity contribution in [3.63, 3.8) is 0 Å². The van der Waals surface area contributed by atoms with E-state index in [4.69, 9.17) is 9.32 Å². The molecular weight excluding hydrogens is 316 g/mol. The maximum atomic E-state index is 9.77. The van der Waals surface area contributed by atoms with E-state index in [1.54, 1.807) is 12.1 Å². The fraction of sp³-hybridized carbons (Fsp3) is 0.0625. The van der Waals surface area contributed by atoms with Crippen LogP contribution in [-0.4, -0.2) is 15.2 Å². The number of anilines is 1. The first kappa shape index (κ1) is 15.4. The van der Waals surface area contributed by atoms with Crippen LogP contribution >= 0.6 is 12.0 Å². The second kappa shape index (κ2) is 6.74. The number of aromatic nitrogens is 1. The van der Waals surface area contributed by atoms with Crippen LogP contribution in [0.25, 0.3) is 10.8 Å². The molecule has 0 aliphatic heterocycles. The minimum Gasteiger partial charge on any atom is -0.508 e. The normalized spacial score (nSPS) is 10.8. The highest BCUT2D eigenvalue weighted by Crippen LogP contribution is 2.30. The maximum Gasteiger partial charge on any atom is 0.195 e. The molecule has 0 spiro atoms. The summed E-state index contributed by atoms with van der Waals surface area (Å²) >= 11 is 0.999. The van der Waals surface area contributed by atoms with Gasteiger partial charge in [-0.25, -0.2) is 10.5 Å². The highest BCUT2D eigenvalue weighted by Gasteiger charge is 2.05. The zero-order valence-corrected chi connectivity index (χ0v) is 13.0. The topological polar surface area (TPSA) is 83.8 Å². The molecule has 6 nitrogen and oxygen atoms in total. The Morgan fingerprint density at radius 1 is 1.09 bits per heavy atom. The number of hydrogen-bond donors (Lipinski definition) is 3. The van der Waals surface area contributed by atoms with Crippen molar-refractivity contribution in [3.05, 3.63) is 54.2 Å². The van der Waals surface area contributed by atoms with Crippen molar-refractivity contribution in [2.24, 2.45) is 0 Å². The van der Waals surface area contributed by atoms with Gasteiger partial charge in [0.2, 0.25) is 0 Å². The molecule has 0 fully saturated rings. The van der Waals surface area contributed by atoms with E-state index < -0.39 is 0 Å². The van der Waals surface area contributed by atoms with Gasteiger partial charge in [-0.15, -0.1) is 4.33 Å². The monoisotopic (exact) mass is 330 g/mol. The lowest BCUT2D eigenvalue weighted by Crippen LogP contribution is -2.00. The summed E-state index contributed by atoms with van der Waals surface area (Å²) in [6.07, 6.45) is 1.51. The Labute approximate surface area is 136 Å². The van der Waals surface area contributed by atoms with Crippen LogP contribution in [0.5, 0.6) is 11.5 Å². The van der Waals surface area contributed by atoms with E-state index >= 15 is 0 Å². The number of phenolic OH excluding ortho intramolecular Hbond substituents is 1. The van der Waals surface area contributed by atoms with Gasteiger partial charge < -0.3 is 10.2 Å². The van der Waals surface area contributed by atoms with Gasteiger partial charge in [0.05, 0.1) is 12.0 Å². The SMILES string of the molecule is Cc1c(O)ccc2ccc(SOONc3ncccc3O)cc12. The van der Waals surface area contributed by atoms with Gasteiger partial charge in [0.25, 0.3) is 0 Å². The smallest absolute Gasteiger partial charge is 0.195 e. The third-order valence-electron chi connectivity index (χ3n) is 3.32. The summed E-state index contributed by atoms with van der Waals surface area (Å²) in [6, 6.07) is 12.3. The van der Waals surface area contributed by atoms with Crippen molar-refractivity contribution in [3.8, 4) is 11.5 Å². The van der Waals surface area contributed by atoms with Crippen molar-refractivity contribution in [2.45, 2.75) is 11.8 Å². The van der Waals surface area contributed by atoms with Gasteiger partial charge in [-0.2, -0.15) is 0 Å². The van der Waals surface area contributed by atoms with Crippen molar-refractivity contribution in [2.75, 3.05) is 5.48 Å². The van der Waals surface area contributed by atoms with Crippen molar-refractivity contribution in [1.82, 2.24) is 4.98 Å². The lowest BCUT2D eigenvalue weighted by Gasteiger charge is -2.08. The van der Waals surface area contributed by atoms with Crippen LogP contribution < -0.4 is 5.48 Å². The lowest BCUT2D eigenvalue weighted by molar-refractivity contribution is -0.161. The molecule has 7 heteroatoms. The molecule has 0 bridgehead atoms. The van der Waals surface area contributed by atoms with Gasteiger partial charge in [-0.3, -0.25) is 0 Å². The number of benzene rings is 2. The average Bonchev–Trinajstić information content (AvgIpc) is 2.57. The number of fused-ring (bicyclic) bond motifs is 1. The average molecular weight is 330 g/mol. The first-order chi connectivity index (χ1) is 11.1. The molecule has 0 amide bonds. The Kier molecular flexibility index (Phi) is 4.52. The highest BCUT2D eigenvalue weighted by molar-refractivity contribution is 7.94. The van der Waals surface area contributed by atoms with Gasteiger partial charge in [0.1, 0.15) is 5.75 Å². The highest BCUT2D eigenvalue weighted by atomic mass is 32.2. The van der Waals surface area contributed by atoms with Gasteiger partial charge in [-0.1, -0.05) is 17.1 Å². The number of pyridine rings is 1. The molecule has 23 heavy (non-hydrogen) atoms. The minimum absolute atomic E-state index is 0.0436. The van der Waals surface area contributed by atoms with E-state index in [0.29, 0.717) is 0 Å². The number of hydrogen-bond acceptors (Lipinski definition) is 7. The predicted octanol–water partition coefficient (Wildman–Crippen LogP) is 3.94. The minimum atomic E-state index is -0.0436. The van der Waals surface area contributed by atoms with Crippen LogP contribution in [0, 0.1) is 6.92 Å². The first-order valence-corrected chi connectivity index (χ1v) is 7.52. The summed E-state index contributed by atoms with van der Waals surface area (Å²) in [7, 11) is 0. The van der Waals surface area contributed by atoms with Crippen LogP contribution in [0.15, 0.2) is 53.6 Å². The Hall–Kier alpha value is -2.48. The van der Waals surface area contributed by atoms with Gasteiger partial charge in [0.15, 0.2) is 11.6 Å². The van der Waals surface area contributed by atoms with Crippen LogP contribution in [-0.2, 0) is 9.32 Å². The Balaban J connectivity index is 1.63. The van der Waals surface area contributed by atoms with Gasteiger partial charge >= 0.3 is 0 Å².